The van der Waals surface area contributed by atoms with Crippen molar-refractivity contribution in [2.45, 2.75) is 83.8 Å². The van der Waals surface area contributed by atoms with Gasteiger partial charge in [0, 0.05) is 12.6 Å². The summed E-state index contributed by atoms with van der Waals surface area (Å²) in [5.41, 5.74) is 0. The van der Waals surface area contributed by atoms with Gasteiger partial charge in [-0.15, -0.1) is 39.6 Å². The minimum Gasteiger partial charge on any atom is -0.392 e. The van der Waals surface area contributed by atoms with Gasteiger partial charge < -0.3 is 24.0 Å². The highest BCUT2D eigenvalue weighted by atomic mass is 31.2. The van der Waals surface area contributed by atoms with Crippen LogP contribution in [0.15, 0.2) is 0 Å². The lowest BCUT2D eigenvalue weighted by Crippen LogP contribution is -2.32. The first kappa shape index (κ1) is 37.5. The van der Waals surface area contributed by atoms with Crippen LogP contribution in [0.5, 0.6) is 0 Å². The van der Waals surface area contributed by atoms with Gasteiger partial charge in [-0.1, -0.05) is 46.2 Å². The van der Waals surface area contributed by atoms with E-state index in [0.29, 0.717) is 30.7 Å². The summed E-state index contributed by atoms with van der Waals surface area (Å²) in [5.74, 6) is 3.81. The average Bonchev–Trinajstić information content (AvgIpc) is 3.32. The highest BCUT2D eigenvalue weighted by Crippen LogP contribution is 2.66. The van der Waals surface area contributed by atoms with Gasteiger partial charge in [0.25, 0.3) is 0 Å². The van der Waals surface area contributed by atoms with Gasteiger partial charge in [0.2, 0.25) is 0 Å². The molecule has 1 heterocycles. The lowest BCUT2D eigenvalue weighted by Gasteiger charge is -2.37. The second-order valence-electron chi connectivity index (χ2n) is 16.0. The zero-order chi connectivity index (χ0) is 32.0. The normalized spacial score (nSPS) is 44.7. The van der Waals surface area contributed by atoms with Crippen LogP contribution in [0.2, 0.25) is 5.82 Å². The van der Waals surface area contributed by atoms with Gasteiger partial charge in [-0.2, -0.15) is 0 Å². The van der Waals surface area contributed by atoms with Gasteiger partial charge in [0.05, 0.1) is 45.0 Å². The van der Waals surface area contributed by atoms with Crippen molar-refractivity contribution in [1.29, 1.82) is 0 Å². The van der Waals surface area contributed by atoms with E-state index in [-0.39, 0.29) is 35.6 Å². The number of aliphatic hydroxyl groups excluding tert-OH is 2. The van der Waals surface area contributed by atoms with Crippen molar-refractivity contribution in [3.63, 3.8) is 0 Å². The molecule has 2 aliphatic carbocycles. The molecule has 3 aliphatic rings. The van der Waals surface area contributed by atoms with Crippen LogP contribution in [0.3, 0.4) is 0 Å². The van der Waals surface area contributed by atoms with E-state index in [9.17, 15) is 10.2 Å². The lowest BCUT2D eigenvalue weighted by molar-refractivity contribution is 0.0189. The summed E-state index contributed by atoms with van der Waals surface area (Å²) in [7, 11) is 3.71. The molecule has 0 aromatic heterocycles. The maximum atomic E-state index is 11.2. The van der Waals surface area contributed by atoms with Crippen molar-refractivity contribution in [3.8, 4) is 0 Å². The molecule has 1 saturated heterocycles. The van der Waals surface area contributed by atoms with Gasteiger partial charge in [-0.25, -0.2) is 0 Å². The Bertz CT molecular complexity index is 1130. The maximum Gasteiger partial charge on any atom is 0.114 e. The summed E-state index contributed by atoms with van der Waals surface area (Å²) in [6.07, 6.45) is 21.8. The van der Waals surface area contributed by atoms with Crippen LogP contribution in [-0.2, 0) is 13.8 Å². The van der Waals surface area contributed by atoms with Crippen molar-refractivity contribution in [2.75, 3.05) is 57.4 Å². The molecule has 0 amide bonds. The SMILES string of the molecule is [B]C1CC(COP(=C)(C)OC2C(CP(=C)(C)CP(=C)(C)CP(=C)(C)CC3OC(C)C(C)C3C)CC(C)C2O)C(O)C1C. The van der Waals surface area contributed by atoms with Gasteiger partial charge in [-0.3, -0.25) is 0 Å². The summed E-state index contributed by atoms with van der Waals surface area (Å²) in [6.45, 7) is 16.0. The summed E-state index contributed by atoms with van der Waals surface area (Å²) in [6, 6.07) is 0. The van der Waals surface area contributed by atoms with E-state index >= 15 is 0 Å². The molecule has 2 radical (unpaired) electrons. The lowest BCUT2D eigenvalue weighted by atomic mass is 9.79. The summed E-state index contributed by atoms with van der Waals surface area (Å²) >= 11 is 0. The Balaban J connectivity index is 1.61. The van der Waals surface area contributed by atoms with Gasteiger partial charge in [0.1, 0.15) is 7.34 Å². The van der Waals surface area contributed by atoms with Crippen molar-refractivity contribution < 1.29 is 24.0 Å². The minimum atomic E-state index is -2.47. The zero-order valence-electron chi connectivity index (χ0n) is 28.2. The molecule has 3 fully saturated rings. The van der Waals surface area contributed by atoms with Crippen molar-refractivity contribution in [3.05, 3.63) is 0 Å². The predicted octanol–water partition coefficient (Wildman–Crippen LogP) is 6.50. The summed E-state index contributed by atoms with van der Waals surface area (Å²) in [4.78, 5) is 0. The second kappa shape index (κ2) is 14.0. The molecule has 244 valence electrons. The maximum absolute atomic E-state index is 11.2. The summed E-state index contributed by atoms with van der Waals surface area (Å²) < 4.78 is 19.2. The Labute approximate surface area is 261 Å². The molecule has 3 rings (SSSR count). The molecule has 16 unspecified atom stereocenters. The molecule has 5 nitrogen and oxygen atoms in total. The van der Waals surface area contributed by atoms with Crippen LogP contribution < -0.4 is 0 Å². The third-order valence-corrected chi connectivity index (χ3v) is 25.3. The fourth-order valence-corrected chi connectivity index (χ4v) is 27.5. The number of hydrogen-bond donors (Lipinski definition) is 2. The first-order valence-electron chi connectivity index (χ1n) is 15.9. The molecule has 0 spiro atoms. The molecule has 2 N–H and O–H groups in total. The Morgan fingerprint density at radius 2 is 1.33 bits per heavy atom. The average molecular weight is 663 g/mol. The van der Waals surface area contributed by atoms with Crippen molar-refractivity contribution in [1.82, 2.24) is 0 Å². The van der Waals surface area contributed by atoms with Crippen LogP contribution in [0.4, 0.5) is 0 Å². The van der Waals surface area contributed by atoms with Gasteiger partial charge >= 0.3 is 0 Å². The number of ether oxygens (including phenoxy) is 1. The molecular formula is C32H63BO5P4. The highest BCUT2D eigenvalue weighted by Gasteiger charge is 2.45. The molecule has 0 aromatic rings. The number of rotatable bonds is 13. The molecule has 42 heavy (non-hydrogen) atoms. The quantitative estimate of drug-likeness (QED) is 0.174. The smallest absolute Gasteiger partial charge is 0.114 e. The topological polar surface area (TPSA) is 68.2 Å². The first-order valence-corrected chi connectivity index (χ1v) is 26.5. The van der Waals surface area contributed by atoms with Crippen LogP contribution in [0.1, 0.15) is 47.5 Å². The van der Waals surface area contributed by atoms with Gasteiger partial charge in [0.15, 0.2) is 0 Å². The second-order valence-corrected chi connectivity index (χ2v) is 31.2. The molecule has 0 bridgehead atoms. The Morgan fingerprint density at radius 3 is 1.83 bits per heavy atom. The minimum absolute atomic E-state index is 0.00696. The fourth-order valence-electron chi connectivity index (χ4n) is 8.08. The van der Waals surface area contributed by atoms with Crippen molar-refractivity contribution >= 4 is 61.0 Å². The van der Waals surface area contributed by atoms with Crippen LogP contribution in [0, 0.1) is 35.5 Å². The number of aliphatic hydroxyl groups is 2. The number of hydrogen-bond acceptors (Lipinski definition) is 5. The molecule has 10 heteroatoms. The monoisotopic (exact) mass is 662 g/mol. The summed E-state index contributed by atoms with van der Waals surface area (Å²) in [5, 5.41) is 21.7. The molecule has 2 saturated carbocycles. The molecule has 1 aliphatic heterocycles. The Kier molecular flexibility index (Phi) is 12.5. The molecular weight excluding hydrogens is 599 g/mol. The third kappa shape index (κ3) is 9.79. The standard InChI is InChI=1S/C32H63BO5P4/c1-21-14-27(32(30(21)34)38-42(12,13)36-16-26-15-28(33)24(4)31(26)35)17-39(6,7)19-41(10,11)20-40(8,9)18-29-23(3)22(2)25(5)37-29/h21-32,34-35H,6,8,10,12,14-20H2,1-5,7,9,11,13H3. The van der Waals surface area contributed by atoms with E-state index in [2.05, 4.69) is 54.0 Å². The van der Waals surface area contributed by atoms with Gasteiger partial charge in [-0.05, 0) is 87.1 Å². The zero-order valence-corrected chi connectivity index (χ0v) is 31.8. The molecule has 16 atom stereocenters. The largest absolute Gasteiger partial charge is 0.392 e. The Morgan fingerprint density at radius 1 is 0.762 bits per heavy atom. The van der Waals surface area contributed by atoms with E-state index in [1.807, 2.05) is 13.6 Å². The third-order valence-electron chi connectivity index (χ3n) is 10.4. The van der Waals surface area contributed by atoms with E-state index in [1.54, 1.807) is 0 Å². The predicted molar refractivity (Wildman–Crippen MR) is 199 cm³/mol. The fraction of sp³-hybridized carbons (Fsp3) is 0.875. The van der Waals surface area contributed by atoms with E-state index in [4.69, 9.17) is 40.5 Å². The first-order chi connectivity index (χ1) is 19.0. The highest BCUT2D eigenvalue weighted by molar-refractivity contribution is 7.95. The van der Waals surface area contributed by atoms with E-state index in [1.165, 1.54) is 0 Å². The van der Waals surface area contributed by atoms with E-state index in [0.717, 1.165) is 37.0 Å². The Hall–Kier alpha value is 1.06. The molecule has 0 aromatic carbocycles. The van der Waals surface area contributed by atoms with Crippen LogP contribution in [-0.4, -0.2) is 131 Å². The van der Waals surface area contributed by atoms with Crippen LogP contribution >= 0.6 is 28.0 Å². The van der Waals surface area contributed by atoms with Crippen molar-refractivity contribution in [2.24, 2.45) is 35.5 Å². The van der Waals surface area contributed by atoms with E-state index < -0.39 is 40.2 Å². The van der Waals surface area contributed by atoms with Crippen LogP contribution in [0.25, 0.3) is 0 Å².